The molecule has 3 atom stereocenters. The van der Waals surface area contributed by atoms with E-state index in [1.165, 1.54) is 0 Å². The van der Waals surface area contributed by atoms with Crippen molar-refractivity contribution in [3.8, 4) is 0 Å². The molecule has 74 valence electrons. The lowest BCUT2D eigenvalue weighted by Gasteiger charge is -2.14. The molecule has 2 aliphatic rings. The molecule has 0 aromatic heterocycles. The van der Waals surface area contributed by atoms with Gasteiger partial charge in [-0.05, 0) is 18.8 Å². The number of rotatable bonds is 2. The topological polar surface area (TPSA) is 3.24 Å². The molecule has 0 spiro atoms. The summed E-state index contributed by atoms with van der Waals surface area (Å²) >= 11 is 5.45. The molecule has 0 bridgehead atoms. The van der Waals surface area contributed by atoms with Gasteiger partial charge in [0.2, 0.25) is 0 Å². The van der Waals surface area contributed by atoms with E-state index >= 15 is 0 Å². The monoisotopic (exact) mass is 203 g/mol. The van der Waals surface area contributed by atoms with Crippen LogP contribution in [0, 0.1) is 11.8 Å². The van der Waals surface area contributed by atoms with Gasteiger partial charge in [-0.25, -0.2) is 4.39 Å². The van der Waals surface area contributed by atoms with Crippen LogP contribution in [0.5, 0.6) is 0 Å². The maximum absolute atomic E-state index is 13.3. The summed E-state index contributed by atoms with van der Waals surface area (Å²) in [7, 11) is 0. The van der Waals surface area contributed by atoms with Crippen LogP contribution in [0.1, 0.15) is 12.8 Å². The fourth-order valence-corrected chi connectivity index (χ4v) is 2.71. The third-order valence-corrected chi connectivity index (χ3v) is 3.48. The van der Waals surface area contributed by atoms with E-state index in [1.807, 2.05) is 6.08 Å². The van der Waals surface area contributed by atoms with Crippen molar-refractivity contribution in [3.63, 3.8) is 0 Å². The van der Waals surface area contributed by atoms with Crippen LogP contribution in [0.25, 0.3) is 0 Å². The van der Waals surface area contributed by atoms with Gasteiger partial charge in [0.1, 0.15) is 6.17 Å². The maximum atomic E-state index is 13.3. The van der Waals surface area contributed by atoms with Gasteiger partial charge in [-0.15, -0.1) is 0 Å². The van der Waals surface area contributed by atoms with Crippen LogP contribution >= 0.6 is 11.6 Å². The molecule has 1 aliphatic heterocycles. The van der Waals surface area contributed by atoms with E-state index in [0.717, 1.165) is 32.5 Å². The van der Waals surface area contributed by atoms with E-state index in [4.69, 9.17) is 11.6 Å². The number of likely N-dealkylation sites (tertiary alicyclic amines) is 1. The largest absolute Gasteiger partial charge is 0.299 e. The molecule has 1 saturated carbocycles. The molecule has 1 heterocycles. The van der Waals surface area contributed by atoms with Gasteiger partial charge in [0.05, 0.1) is 0 Å². The van der Waals surface area contributed by atoms with Gasteiger partial charge in [-0.2, -0.15) is 0 Å². The standard InChI is InChI=1S/C10H15ClFN/c11-4-1-5-13-6-8-2-3-10(12)9(8)7-13/h1,4,8-10H,2-3,5-7H2/b4-1+. The minimum atomic E-state index is -0.546. The van der Waals surface area contributed by atoms with Crippen molar-refractivity contribution in [3.05, 3.63) is 11.6 Å². The smallest absolute Gasteiger partial charge is 0.104 e. The van der Waals surface area contributed by atoms with Crippen LogP contribution in [0.15, 0.2) is 11.6 Å². The molecule has 2 fully saturated rings. The first kappa shape index (κ1) is 9.47. The van der Waals surface area contributed by atoms with Crippen LogP contribution in [-0.2, 0) is 0 Å². The van der Waals surface area contributed by atoms with E-state index in [-0.39, 0.29) is 0 Å². The fourth-order valence-electron chi connectivity index (χ4n) is 2.63. The van der Waals surface area contributed by atoms with Crippen molar-refractivity contribution in [2.45, 2.75) is 19.0 Å². The van der Waals surface area contributed by atoms with Gasteiger partial charge < -0.3 is 0 Å². The zero-order valence-electron chi connectivity index (χ0n) is 7.63. The van der Waals surface area contributed by atoms with Gasteiger partial charge in [-0.3, -0.25) is 4.90 Å². The summed E-state index contributed by atoms with van der Waals surface area (Å²) in [5.41, 5.74) is 1.54. The predicted molar refractivity (Wildman–Crippen MR) is 52.5 cm³/mol. The first-order valence-electron chi connectivity index (χ1n) is 4.93. The lowest BCUT2D eigenvalue weighted by Crippen LogP contribution is -2.23. The van der Waals surface area contributed by atoms with Gasteiger partial charge in [0.15, 0.2) is 0 Å². The van der Waals surface area contributed by atoms with Gasteiger partial charge in [0.25, 0.3) is 0 Å². The lowest BCUT2D eigenvalue weighted by atomic mass is 10.0. The summed E-state index contributed by atoms with van der Waals surface area (Å²) in [6.07, 6.45) is 3.24. The SMILES string of the molecule is FC1CCC2CN(C/C=C/Cl)CC12. The van der Waals surface area contributed by atoms with E-state index in [0.29, 0.717) is 11.8 Å². The first-order valence-corrected chi connectivity index (χ1v) is 5.36. The van der Waals surface area contributed by atoms with E-state index in [9.17, 15) is 4.39 Å². The Morgan fingerprint density at radius 2 is 2.23 bits per heavy atom. The van der Waals surface area contributed by atoms with E-state index in [2.05, 4.69) is 4.90 Å². The molecule has 0 N–H and O–H groups in total. The summed E-state index contributed by atoms with van der Waals surface area (Å²) in [5.74, 6) is 0.919. The van der Waals surface area contributed by atoms with Crippen molar-refractivity contribution in [2.24, 2.45) is 11.8 Å². The normalized spacial score (nSPS) is 40.3. The highest BCUT2D eigenvalue weighted by Crippen LogP contribution is 2.39. The number of hydrogen-bond donors (Lipinski definition) is 0. The first-order chi connectivity index (χ1) is 6.31. The Hall–Kier alpha value is -0.0800. The molecule has 3 heteroatoms. The van der Waals surface area contributed by atoms with Gasteiger partial charge in [-0.1, -0.05) is 17.7 Å². The Morgan fingerprint density at radius 3 is 2.92 bits per heavy atom. The fraction of sp³-hybridized carbons (Fsp3) is 0.800. The van der Waals surface area contributed by atoms with Crippen molar-refractivity contribution in [1.82, 2.24) is 4.90 Å². The van der Waals surface area contributed by atoms with Crippen LogP contribution in [0.2, 0.25) is 0 Å². The van der Waals surface area contributed by atoms with Crippen molar-refractivity contribution in [1.29, 1.82) is 0 Å². The number of hydrogen-bond acceptors (Lipinski definition) is 1. The number of alkyl halides is 1. The summed E-state index contributed by atoms with van der Waals surface area (Å²) < 4.78 is 13.3. The quantitative estimate of drug-likeness (QED) is 0.667. The molecule has 2 rings (SSSR count). The summed E-state index contributed by atoms with van der Waals surface area (Å²) in [6.45, 7) is 2.86. The molecule has 3 unspecified atom stereocenters. The predicted octanol–water partition coefficient (Wildman–Crippen LogP) is 2.42. The molecule has 0 aromatic rings. The van der Waals surface area contributed by atoms with Crippen LogP contribution in [0.3, 0.4) is 0 Å². The van der Waals surface area contributed by atoms with Crippen LogP contribution in [0.4, 0.5) is 4.39 Å². The summed E-state index contributed by atoms with van der Waals surface area (Å²) in [4.78, 5) is 2.29. The minimum absolute atomic E-state index is 0.309. The van der Waals surface area contributed by atoms with Crippen molar-refractivity contribution in [2.75, 3.05) is 19.6 Å². The second-order valence-corrected chi connectivity index (χ2v) is 4.35. The van der Waals surface area contributed by atoms with Crippen molar-refractivity contribution < 1.29 is 4.39 Å². The Balaban J connectivity index is 1.87. The summed E-state index contributed by atoms with van der Waals surface area (Å²) in [5, 5.41) is 0. The Kier molecular flexibility index (Phi) is 2.89. The highest BCUT2D eigenvalue weighted by molar-refractivity contribution is 6.25. The second kappa shape index (κ2) is 3.97. The molecule has 1 nitrogen and oxygen atoms in total. The maximum Gasteiger partial charge on any atom is 0.104 e. The van der Waals surface area contributed by atoms with Gasteiger partial charge in [0, 0.05) is 31.1 Å². The number of fused-ring (bicyclic) bond motifs is 1. The Bertz CT molecular complexity index is 207. The van der Waals surface area contributed by atoms with Gasteiger partial charge >= 0.3 is 0 Å². The lowest BCUT2D eigenvalue weighted by molar-refractivity contribution is 0.240. The van der Waals surface area contributed by atoms with Crippen LogP contribution in [-0.4, -0.2) is 30.7 Å². The zero-order valence-corrected chi connectivity index (χ0v) is 8.38. The van der Waals surface area contributed by atoms with E-state index < -0.39 is 6.17 Å². The van der Waals surface area contributed by atoms with Crippen molar-refractivity contribution >= 4 is 11.6 Å². The molecule has 0 radical (unpaired) electrons. The average Bonchev–Trinajstić information content (AvgIpc) is 2.65. The molecular formula is C10H15ClFN. The zero-order chi connectivity index (χ0) is 9.26. The molecule has 1 aliphatic carbocycles. The third-order valence-electron chi connectivity index (χ3n) is 3.30. The highest BCUT2D eigenvalue weighted by atomic mass is 35.5. The summed E-state index contributed by atoms with van der Waals surface area (Å²) in [6, 6.07) is 0. The second-order valence-electron chi connectivity index (χ2n) is 4.10. The molecule has 0 aromatic carbocycles. The molecular weight excluding hydrogens is 189 g/mol. The average molecular weight is 204 g/mol. The minimum Gasteiger partial charge on any atom is -0.299 e. The van der Waals surface area contributed by atoms with Crippen LogP contribution < -0.4 is 0 Å². The highest BCUT2D eigenvalue weighted by Gasteiger charge is 2.42. The molecule has 1 saturated heterocycles. The Labute approximate surface area is 83.6 Å². The van der Waals surface area contributed by atoms with E-state index in [1.54, 1.807) is 5.54 Å². The number of nitrogens with zero attached hydrogens (tertiary/aromatic N) is 1. The molecule has 13 heavy (non-hydrogen) atoms. The third kappa shape index (κ3) is 1.89. The molecule has 0 amide bonds. The Morgan fingerprint density at radius 1 is 1.38 bits per heavy atom. The number of halogens is 2.